The molecule has 0 spiro atoms. The Balaban J connectivity index is 2.42. The molecule has 0 amide bonds. The maximum atomic E-state index is 11.9. The summed E-state index contributed by atoms with van der Waals surface area (Å²) in [5.41, 5.74) is 0.411. The summed E-state index contributed by atoms with van der Waals surface area (Å²) >= 11 is 0. The summed E-state index contributed by atoms with van der Waals surface area (Å²) in [6.07, 6.45) is 0. The van der Waals surface area contributed by atoms with Crippen LogP contribution in [0.2, 0.25) is 0 Å². The number of hydrogen-bond donors (Lipinski definition) is 1. The van der Waals surface area contributed by atoms with Crippen LogP contribution in [0.1, 0.15) is 36.7 Å². The van der Waals surface area contributed by atoms with Crippen molar-refractivity contribution in [2.45, 2.75) is 27.7 Å². The molecule has 0 saturated carbocycles. The van der Waals surface area contributed by atoms with Crippen LogP contribution in [0.4, 0.5) is 0 Å². The Morgan fingerprint density at radius 3 is 2.33 bits per heavy atom. The van der Waals surface area contributed by atoms with Gasteiger partial charge in [-0.25, -0.2) is 4.79 Å². The Morgan fingerprint density at radius 2 is 1.76 bits per heavy atom. The average Bonchev–Trinajstić information content (AvgIpc) is 2.37. The lowest BCUT2D eigenvalue weighted by Crippen LogP contribution is -2.25. The van der Waals surface area contributed by atoms with E-state index < -0.39 is 11.4 Å². The monoisotopic (exact) mass is 286 g/mol. The number of carbonyl (C=O) groups is 2. The van der Waals surface area contributed by atoms with Crippen LogP contribution in [0.3, 0.4) is 0 Å². The first kappa shape index (κ1) is 15.0. The Kier molecular flexibility index (Phi) is 3.73. The molecule has 0 fully saturated rings. The van der Waals surface area contributed by atoms with E-state index in [1.165, 1.54) is 0 Å². The predicted octanol–water partition coefficient (Wildman–Crippen LogP) is 3.80. The van der Waals surface area contributed by atoms with Crippen molar-refractivity contribution in [1.82, 2.24) is 0 Å². The third-order valence-corrected chi connectivity index (χ3v) is 3.31. The molecule has 0 aliphatic heterocycles. The zero-order chi connectivity index (χ0) is 15.8. The molecular formula is C17H18O4. The minimum absolute atomic E-state index is 0.280. The van der Waals surface area contributed by atoms with Crippen LogP contribution in [0.15, 0.2) is 30.3 Å². The standard InChI is InChI=1S/C17H18O4/c1-10-13-8-6-12(21-16(20)17(2,3)4)9-11(13)5-7-14(10)15(18)19/h5-9H,1-4H3,(H,18,19). The maximum absolute atomic E-state index is 11.9. The Morgan fingerprint density at radius 1 is 1.10 bits per heavy atom. The molecule has 0 heterocycles. The van der Waals surface area contributed by atoms with E-state index in [-0.39, 0.29) is 11.5 Å². The van der Waals surface area contributed by atoms with Gasteiger partial charge in [-0.2, -0.15) is 0 Å². The van der Waals surface area contributed by atoms with Gasteiger partial charge in [0.15, 0.2) is 0 Å². The highest BCUT2D eigenvalue weighted by Crippen LogP contribution is 2.27. The number of esters is 1. The summed E-state index contributed by atoms with van der Waals surface area (Å²) < 4.78 is 5.35. The van der Waals surface area contributed by atoms with Gasteiger partial charge in [0.1, 0.15) is 5.75 Å². The smallest absolute Gasteiger partial charge is 0.335 e. The molecule has 0 unspecified atom stereocenters. The van der Waals surface area contributed by atoms with Gasteiger partial charge in [0.2, 0.25) is 0 Å². The van der Waals surface area contributed by atoms with E-state index in [9.17, 15) is 9.59 Å². The molecule has 21 heavy (non-hydrogen) atoms. The lowest BCUT2D eigenvalue weighted by molar-refractivity contribution is -0.142. The molecule has 2 rings (SSSR count). The highest BCUT2D eigenvalue weighted by molar-refractivity contribution is 5.98. The fourth-order valence-electron chi connectivity index (χ4n) is 2.02. The van der Waals surface area contributed by atoms with Crippen molar-refractivity contribution in [3.8, 4) is 5.75 Å². The second-order valence-corrected chi connectivity index (χ2v) is 6.07. The summed E-state index contributed by atoms with van der Waals surface area (Å²) in [5, 5.41) is 10.8. The second-order valence-electron chi connectivity index (χ2n) is 6.07. The highest BCUT2D eigenvalue weighted by atomic mass is 16.5. The lowest BCUT2D eigenvalue weighted by atomic mass is 9.97. The quantitative estimate of drug-likeness (QED) is 0.673. The van der Waals surface area contributed by atoms with Gasteiger partial charge in [-0.1, -0.05) is 12.1 Å². The maximum Gasteiger partial charge on any atom is 0.335 e. The Labute approximate surface area is 123 Å². The minimum atomic E-state index is -0.947. The molecule has 4 nitrogen and oxygen atoms in total. The van der Waals surface area contributed by atoms with Crippen LogP contribution in [-0.4, -0.2) is 17.0 Å². The zero-order valence-corrected chi connectivity index (χ0v) is 12.6. The number of fused-ring (bicyclic) bond motifs is 1. The zero-order valence-electron chi connectivity index (χ0n) is 12.6. The van der Waals surface area contributed by atoms with Gasteiger partial charge in [0.05, 0.1) is 11.0 Å². The van der Waals surface area contributed by atoms with E-state index >= 15 is 0 Å². The number of ether oxygens (including phenoxy) is 1. The second kappa shape index (κ2) is 5.20. The van der Waals surface area contributed by atoms with Crippen LogP contribution < -0.4 is 4.74 Å². The van der Waals surface area contributed by atoms with Gasteiger partial charge in [0, 0.05) is 0 Å². The summed E-state index contributed by atoms with van der Waals surface area (Å²) in [6.45, 7) is 7.14. The van der Waals surface area contributed by atoms with Crippen molar-refractivity contribution in [3.63, 3.8) is 0 Å². The van der Waals surface area contributed by atoms with Crippen LogP contribution in [0.25, 0.3) is 10.8 Å². The van der Waals surface area contributed by atoms with Crippen molar-refractivity contribution in [3.05, 3.63) is 41.5 Å². The molecule has 0 bridgehead atoms. The van der Waals surface area contributed by atoms with Gasteiger partial charge in [-0.05, 0) is 62.2 Å². The van der Waals surface area contributed by atoms with E-state index in [4.69, 9.17) is 9.84 Å². The van der Waals surface area contributed by atoms with Gasteiger partial charge in [0.25, 0.3) is 0 Å². The largest absolute Gasteiger partial charge is 0.478 e. The highest BCUT2D eigenvalue weighted by Gasteiger charge is 2.23. The number of aromatic carboxylic acids is 1. The van der Waals surface area contributed by atoms with E-state index in [1.54, 1.807) is 58.0 Å². The molecule has 0 aliphatic rings. The topological polar surface area (TPSA) is 63.6 Å². The van der Waals surface area contributed by atoms with Gasteiger partial charge in [-0.15, -0.1) is 0 Å². The molecule has 0 radical (unpaired) electrons. The van der Waals surface area contributed by atoms with Crippen molar-refractivity contribution in [2.24, 2.45) is 5.41 Å². The lowest BCUT2D eigenvalue weighted by Gasteiger charge is -2.16. The molecular weight excluding hydrogens is 268 g/mol. The predicted molar refractivity (Wildman–Crippen MR) is 80.7 cm³/mol. The summed E-state index contributed by atoms with van der Waals surface area (Å²) in [4.78, 5) is 23.0. The number of benzene rings is 2. The first-order valence-electron chi connectivity index (χ1n) is 6.69. The summed E-state index contributed by atoms with van der Waals surface area (Å²) in [6, 6.07) is 8.50. The number of aryl methyl sites for hydroxylation is 1. The van der Waals surface area contributed by atoms with Gasteiger partial charge in [-0.3, -0.25) is 4.79 Å². The van der Waals surface area contributed by atoms with Crippen LogP contribution in [0, 0.1) is 12.3 Å². The van der Waals surface area contributed by atoms with Crippen LogP contribution in [-0.2, 0) is 4.79 Å². The van der Waals surface area contributed by atoms with Crippen LogP contribution >= 0.6 is 0 Å². The molecule has 2 aromatic carbocycles. The van der Waals surface area contributed by atoms with E-state index in [2.05, 4.69) is 0 Å². The average molecular weight is 286 g/mol. The minimum Gasteiger partial charge on any atom is -0.478 e. The molecule has 1 N–H and O–H groups in total. The molecule has 0 saturated heterocycles. The van der Waals surface area contributed by atoms with Crippen molar-refractivity contribution >= 4 is 22.7 Å². The third kappa shape index (κ3) is 3.05. The fraction of sp³-hybridized carbons (Fsp3) is 0.294. The van der Waals surface area contributed by atoms with Gasteiger partial charge < -0.3 is 9.84 Å². The first-order chi connectivity index (χ1) is 9.70. The molecule has 2 aromatic rings. The molecule has 0 atom stereocenters. The van der Waals surface area contributed by atoms with Crippen molar-refractivity contribution in [2.75, 3.05) is 0 Å². The number of rotatable bonds is 2. The molecule has 110 valence electrons. The number of carboxylic acids is 1. The normalized spacial score (nSPS) is 11.4. The molecule has 0 aliphatic carbocycles. The van der Waals surface area contributed by atoms with E-state index in [0.717, 1.165) is 10.8 Å². The SMILES string of the molecule is Cc1c(C(=O)O)ccc2cc(OC(=O)C(C)(C)C)ccc12. The van der Waals surface area contributed by atoms with Crippen LogP contribution in [0.5, 0.6) is 5.75 Å². The Bertz CT molecular complexity index is 723. The summed E-state index contributed by atoms with van der Waals surface area (Å²) in [7, 11) is 0. The molecule has 0 aromatic heterocycles. The van der Waals surface area contributed by atoms with E-state index in [1.807, 2.05) is 0 Å². The van der Waals surface area contributed by atoms with Crippen molar-refractivity contribution < 1.29 is 19.4 Å². The van der Waals surface area contributed by atoms with Gasteiger partial charge >= 0.3 is 11.9 Å². The Hall–Kier alpha value is -2.36. The van der Waals surface area contributed by atoms with E-state index in [0.29, 0.717) is 11.3 Å². The molecule has 4 heteroatoms. The summed E-state index contributed by atoms with van der Waals surface area (Å²) in [5.74, 6) is -0.789. The number of hydrogen-bond acceptors (Lipinski definition) is 3. The third-order valence-electron chi connectivity index (χ3n) is 3.31. The number of carboxylic acid groups (broad SMARTS) is 1. The fourth-order valence-corrected chi connectivity index (χ4v) is 2.02. The van der Waals surface area contributed by atoms with Crippen molar-refractivity contribution in [1.29, 1.82) is 0 Å². The number of carbonyl (C=O) groups excluding carboxylic acids is 1. The first-order valence-corrected chi connectivity index (χ1v) is 6.69.